The molecule has 0 N–H and O–H groups in total. The van der Waals surface area contributed by atoms with Crippen molar-refractivity contribution in [2.75, 3.05) is 32.7 Å². The second-order valence-corrected chi connectivity index (χ2v) is 6.43. The SMILES string of the molecule is c1ccc(CCCN2CCCC(N3CCCC3)C2)cc1. The smallest absolute Gasteiger partial charge is 0.0223 e. The Kier molecular flexibility index (Phi) is 5.10. The van der Waals surface area contributed by atoms with Crippen molar-refractivity contribution in [1.82, 2.24) is 9.80 Å². The molecule has 2 nitrogen and oxygen atoms in total. The Morgan fingerprint density at radius 1 is 0.950 bits per heavy atom. The third-order valence-electron chi connectivity index (χ3n) is 4.92. The minimum atomic E-state index is 0.850. The van der Waals surface area contributed by atoms with Crippen molar-refractivity contribution >= 4 is 0 Å². The molecule has 0 aromatic heterocycles. The minimum absolute atomic E-state index is 0.850. The van der Waals surface area contributed by atoms with Crippen molar-refractivity contribution in [3.63, 3.8) is 0 Å². The lowest BCUT2D eigenvalue weighted by Crippen LogP contribution is -2.47. The number of nitrogens with zero attached hydrogens (tertiary/aromatic N) is 2. The van der Waals surface area contributed by atoms with E-state index in [2.05, 4.69) is 40.1 Å². The van der Waals surface area contributed by atoms with Gasteiger partial charge >= 0.3 is 0 Å². The van der Waals surface area contributed by atoms with Crippen molar-refractivity contribution in [3.05, 3.63) is 35.9 Å². The molecular weight excluding hydrogens is 244 g/mol. The summed E-state index contributed by atoms with van der Waals surface area (Å²) in [4.78, 5) is 5.44. The molecule has 110 valence electrons. The Hall–Kier alpha value is -0.860. The molecule has 1 aromatic carbocycles. The summed E-state index contributed by atoms with van der Waals surface area (Å²) in [6, 6.07) is 11.8. The highest BCUT2D eigenvalue weighted by Crippen LogP contribution is 2.20. The highest BCUT2D eigenvalue weighted by atomic mass is 15.2. The van der Waals surface area contributed by atoms with E-state index < -0.39 is 0 Å². The Morgan fingerprint density at radius 2 is 1.75 bits per heavy atom. The number of hydrogen-bond donors (Lipinski definition) is 0. The van der Waals surface area contributed by atoms with Gasteiger partial charge < -0.3 is 4.90 Å². The summed E-state index contributed by atoms with van der Waals surface area (Å²) in [7, 11) is 0. The number of piperidine rings is 1. The van der Waals surface area contributed by atoms with E-state index in [4.69, 9.17) is 0 Å². The molecule has 2 heteroatoms. The van der Waals surface area contributed by atoms with Gasteiger partial charge in [-0.1, -0.05) is 30.3 Å². The van der Waals surface area contributed by atoms with Crippen molar-refractivity contribution in [1.29, 1.82) is 0 Å². The van der Waals surface area contributed by atoms with Crippen LogP contribution < -0.4 is 0 Å². The maximum Gasteiger partial charge on any atom is 0.0223 e. The molecule has 0 radical (unpaired) electrons. The second-order valence-electron chi connectivity index (χ2n) is 6.43. The molecule has 0 amide bonds. The van der Waals surface area contributed by atoms with Gasteiger partial charge in [-0.15, -0.1) is 0 Å². The lowest BCUT2D eigenvalue weighted by atomic mass is 10.0. The molecule has 1 aromatic rings. The first kappa shape index (κ1) is 14.1. The first-order chi connectivity index (χ1) is 9.92. The van der Waals surface area contributed by atoms with Gasteiger partial charge in [0.15, 0.2) is 0 Å². The van der Waals surface area contributed by atoms with Crippen molar-refractivity contribution < 1.29 is 0 Å². The molecule has 2 aliphatic heterocycles. The summed E-state index contributed by atoms with van der Waals surface area (Å²) in [5, 5.41) is 0. The number of aryl methyl sites for hydroxylation is 1. The molecular formula is C18H28N2. The zero-order valence-electron chi connectivity index (χ0n) is 12.6. The van der Waals surface area contributed by atoms with Crippen LogP contribution in [0, 0.1) is 0 Å². The van der Waals surface area contributed by atoms with Crippen LogP contribution in [0.4, 0.5) is 0 Å². The van der Waals surface area contributed by atoms with Crippen LogP contribution in [0.2, 0.25) is 0 Å². The highest BCUT2D eigenvalue weighted by Gasteiger charge is 2.26. The molecule has 0 saturated carbocycles. The summed E-state index contributed by atoms with van der Waals surface area (Å²) >= 11 is 0. The fraction of sp³-hybridized carbons (Fsp3) is 0.667. The topological polar surface area (TPSA) is 6.48 Å². The maximum atomic E-state index is 2.74. The number of benzene rings is 1. The molecule has 1 atom stereocenters. The van der Waals surface area contributed by atoms with Crippen LogP contribution in [-0.4, -0.2) is 48.6 Å². The fourth-order valence-electron chi connectivity index (χ4n) is 3.79. The van der Waals surface area contributed by atoms with E-state index in [1.54, 1.807) is 0 Å². The molecule has 2 heterocycles. The monoisotopic (exact) mass is 272 g/mol. The Bertz CT molecular complexity index is 384. The first-order valence-electron chi connectivity index (χ1n) is 8.42. The normalized spacial score (nSPS) is 25.1. The van der Waals surface area contributed by atoms with E-state index in [1.165, 1.54) is 76.8 Å². The third kappa shape index (κ3) is 3.83. The van der Waals surface area contributed by atoms with Gasteiger partial charge in [-0.2, -0.15) is 0 Å². The van der Waals surface area contributed by atoms with Crippen LogP contribution in [-0.2, 0) is 6.42 Å². The second kappa shape index (κ2) is 7.24. The summed E-state index contributed by atoms with van der Waals surface area (Å²) in [6.07, 6.45) is 8.19. The van der Waals surface area contributed by atoms with Gasteiger partial charge in [-0.25, -0.2) is 0 Å². The third-order valence-corrected chi connectivity index (χ3v) is 4.92. The van der Waals surface area contributed by atoms with Crippen LogP contribution in [0.15, 0.2) is 30.3 Å². The van der Waals surface area contributed by atoms with Gasteiger partial charge in [0.1, 0.15) is 0 Å². The predicted molar refractivity (Wildman–Crippen MR) is 85.0 cm³/mol. The van der Waals surface area contributed by atoms with Crippen LogP contribution in [0.25, 0.3) is 0 Å². The average Bonchev–Trinajstić information content (AvgIpc) is 3.03. The molecule has 0 bridgehead atoms. The Balaban J connectivity index is 1.41. The average molecular weight is 272 g/mol. The van der Waals surface area contributed by atoms with Gasteiger partial charge in [-0.05, 0) is 70.3 Å². The molecule has 2 fully saturated rings. The molecule has 1 unspecified atom stereocenters. The van der Waals surface area contributed by atoms with Gasteiger partial charge in [-0.3, -0.25) is 4.90 Å². The molecule has 2 aliphatic rings. The van der Waals surface area contributed by atoms with E-state index in [1.807, 2.05) is 0 Å². The number of hydrogen-bond acceptors (Lipinski definition) is 2. The number of likely N-dealkylation sites (tertiary alicyclic amines) is 2. The van der Waals surface area contributed by atoms with E-state index in [0.717, 1.165) is 6.04 Å². The summed E-state index contributed by atoms with van der Waals surface area (Å²) in [5.41, 5.74) is 1.49. The first-order valence-corrected chi connectivity index (χ1v) is 8.42. The van der Waals surface area contributed by atoms with Crippen LogP contribution in [0.5, 0.6) is 0 Å². The lowest BCUT2D eigenvalue weighted by molar-refractivity contribution is 0.114. The molecule has 0 aliphatic carbocycles. The van der Waals surface area contributed by atoms with E-state index >= 15 is 0 Å². The van der Waals surface area contributed by atoms with Crippen molar-refractivity contribution in [2.45, 2.75) is 44.6 Å². The van der Waals surface area contributed by atoms with Gasteiger partial charge in [0, 0.05) is 12.6 Å². The van der Waals surface area contributed by atoms with E-state index in [-0.39, 0.29) is 0 Å². The lowest BCUT2D eigenvalue weighted by Gasteiger charge is -2.37. The number of rotatable bonds is 5. The van der Waals surface area contributed by atoms with Gasteiger partial charge in [0.2, 0.25) is 0 Å². The van der Waals surface area contributed by atoms with Crippen LogP contribution in [0.1, 0.15) is 37.7 Å². The Labute approximate surface area is 123 Å². The van der Waals surface area contributed by atoms with Gasteiger partial charge in [0.25, 0.3) is 0 Å². The predicted octanol–water partition coefficient (Wildman–Crippen LogP) is 3.18. The van der Waals surface area contributed by atoms with E-state index in [9.17, 15) is 0 Å². The summed E-state index contributed by atoms with van der Waals surface area (Å²) in [5.74, 6) is 0. The Morgan fingerprint density at radius 3 is 2.55 bits per heavy atom. The quantitative estimate of drug-likeness (QED) is 0.812. The zero-order valence-corrected chi connectivity index (χ0v) is 12.6. The summed E-state index contributed by atoms with van der Waals surface area (Å²) < 4.78 is 0. The van der Waals surface area contributed by atoms with Crippen molar-refractivity contribution in [3.8, 4) is 0 Å². The highest BCUT2D eigenvalue weighted by molar-refractivity contribution is 5.14. The van der Waals surface area contributed by atoms with Gasteiger partial charge in [0.05, 0.1) is 0 Å². The molecule has 3 rings (SSSR count). The molecule has 0 spiro atoms. The minimum Gasteiger partial charge on any atom is -0.302 e. The zero-order chi connectivity index (χ0) is 13.6. The van der Waals surface area contributed by atoms with Crippen LogP contribution in [0.3, 0.4) is 0 Å². The van der Waals surface area contributed by atoms with Crippen molar-refractivity contribution in [2.24, 2.45) is 0 Å². The maximum absolute atomic E-state index is 2.74. The fourth-order valence-corrected chi connectivity index (χ4v) is 3.79. The molecule has 20 heavy (non-hydrogen) atoms. The van der Waals surface area contributed by atoms with Crippen LogP contribution >= 0.6 is 0 Å². The molecule has 2 saturated heterocycles. The largest absolute Gasteiger partial charge is 0.302 e. The summed E-state index contributed by atoms with van der Waals surface area (Å²) in [6.45, 7) is 6.61. The van der Waals surface area contributed by atoms with E-state index in [0.29, 0.717) is 0 Å². The standard InChI is InChI=1S/C18H28N2/c1-2-8-17(9-3-1)10-6-12-19-13-7-11-18(16-19)20-14-4-5-15-20/h1-3,8-9,18H,4-7,10-16H2.